The highest BCUT2D eigenvalue weighted by molar-refractivity contribution is 5.99. The third-order valence-electron chi connectivity index (χ3n) is 1.94. The van der Waals surface area contributed by atoms with E-state index in [4.69, 9.17) is 0 Å². The van der Waals surface area contributed by atoms with Crippen molar-refractivity contribution >= 4 is 17.4 Å². The van der Waals surface area contributed by atoms with E-state index in [0.29, 0.717) is 12.4 Å². The second-order valence-corrected chi connectivity index (χ2v) is 2.80. The van der Waals surface area contributed by atoms with Crippen molar-refractivity contribution in [3.8, 4) is 0 Å². The molecule has 0 aromatic carbocycles. The average Bonchev–Trinajstić information content (AvgIpc) is 2.16. The van der Waals surface area contributed by atoms with Crippen LogP contribution in [0.15, 0.2) is 6.33 Å². The normalized spacial score (nSPS) is 14.4. The Kier molecular flexibility index (Phi) is 1.84. The SMILES string of the molecule is CCc1ncnc2c1NCC(=O)N2. The molecule has 0 fully saturated rings. The third kappa shape index (κ3) is 1.32. The van der Waals surface area contributed by atoms with Gasteiger partial charge in [0.05, 0.1) is 17.9 Å². The lowest BCUT2D eigenvalue weighted by Crippen LogP contribution is -2.29. The Morgan fingerprint density at radius 1 is 1.54 bits per heavy atom. The molecule has 68 valence electrons. The van der Waals surface area contributed by atoms with Crippen molar-refractivity contribution in [2.45, 2.75) is 13.3 Å². The van der Waals surface area contributed by atoms with Crippen LogP contribution in [0.5, 0.6) is 0 Å². The first-order valence-corrected chi connectivity index (χ1v) is 4.19. The number of carbonyl (C=O) groups excluding carboxylic acids is 1. The van der Waals surface area contributed by atoms with Crippen molar-refractivity contribution in [2.24, 2.45) is 0 Å². The lowest BCUT2D eigenvalue weighted by Gasteiger charge is -2.18. The molecule has 2 heterocycles. The predicted molar refractivity (Wildman–Crippen MR) is 48.5 cm³/mol. The average molecular weight is 178 g/mol. The molecule has 0 bridgehead atoms. The fourth-order valence-corrected chi connectivity index (χ4v) is 1.32. The molecule has 2 rings (SSSR count). The third-order valence-corrected chi connectivity index (χ3v) is 1.94. The number of nitrogens with one attached hydrogen (secondary N) is 2. The molecule has 0 radical (unpaired) electrons. The summed E-state index contributed by atoms with van der Waals surface area (Å²) in [7, 11) is 0. The molecule has 1 aliphatic rings. The van der Waals surface area contributed by atoms with Gasteiger partial charge in [-0.2, -0.15) is 0 Å². The Bertz CT molecular complexity index is 350. The van der Waals surface area contributed by atoms with E-state index < -0.39 is 0 Å². The van der Waals surface area contributed by atoms with Gasteiger partial charge in [0.15, 0.2) is 5.82 Å². The summed E-state index contributed by atoms with van der Waals surface area (Å²) in [5.41, 5.74) is 1.79. The maximum Gasteiger partial charge on any atom is 0.244 e. The molecule has 0 atom stereocenters. The van der Waals surface area contributed by atoms with Gasteiger partial charge in [-0.15, -0.1) is 0 Å². The Morgan fingerprint density at radius 2 is 2.38 bits per heavy atom. The molecule has 0 saturated heterocycles. The maximum atomic E-state index is 11.0. The molecule has 2 N–H and O–H groups in total. The first-order valence-electron chi connectivity index (χ1n) is 4.19. The summed E-state index contributed by atoms with van der Waals surface area (Å²) in [5.74, 6) is 0.524. The zero-order valence-corrected chi connectivity index (χ0v) is 7.29. The fourth-order valence-electron chi connectivity index (χ4n) is 1.32. The Morgan fingerprint density at radius 3 is 3.15 bits per heavy atom. The monoisotopic (exact) mass is 178 g/mol. The number of fused-ring (bicyclic) bond motifs is 1. The van der Waals surface area contributed by atoms with Crippen LogP contribution in [-0.2, 0) is 11.2 Å². The summed E-state index contributed by atoms with van der Waals surface area (Å²) in [5, 5.41) is 5.68. The minimum atomic E-state index is -0.0618. The molecule has 0 saturated carbocycles. The van der Waals surface area contributed by atoms with E-state index in [9.17, 15) is 4.79 Å². The quantitative estimate of drug-likeness (QED) is 0.653. The smallest absolute Gasteiger partial charge is 0.244 e. The van der Waals surface area contributed by atoms with Crippen molar-refractivity contribution in [1.82, 2.24) is 9.97 Å². The van der Waals surface area contributed by atoms with Crippen LogP contribution in [0.4, 0.5) is 11.5 Å². The molecule has 5 heteroatoms. The summed E-state index contributed by atoms with van der Waals surface area (Å²) in [6, 6.07) is 0. The molecule has 1 aromatic rings. The minimum Gasteiger partial charge on any atom is -0.372 e. The van der Waals surface area contributed by atoms with Gasteiger partial charge in [0, 0.05) is 0 Å². The van der Waals surface area contributed by atoms with Crippen LogP contribution in [0.25, 0.3) is 0 Å². The summed E-state index contributed by atoms with van der Waals surface area (Å²) in [6.45, 7) is 2.31. The fraction of sp³-hybridized carbons (Fsp3) is 0.375. The van der Waals surface area contributed by atoms with E-state index >= 15 is 0 Å². The van der Waals surface area contributed by atoms with Crippen LogP contribution in [0.1, 0.15) is 12.6 Å². The van der Waals surface area contributed by atoms with Crippen molar-refractivity contribution in [2.75, 3.05) is 17.2 Å². The number of hydrogen-bond acceptors (Lipinski definition) is 4. The van der Waals surface area contributed by atoms with Gasteiger partial charge in [0.1, 0.15) is 6.33 Å². The number of rotatable bonds is 1. The highest BCUT2D eigenvalue weighted by Gasteiger charge is 2.17. The molecule has 13 heavy (non-hydrogen) atoms. The number of aryl methyl sites for hydroxylation is 1. The molecule has 1 amide bonds. The summed E-state index contributed by atoms with van der Waals surface area (Å²) in [4.78, 5) is 19.1. The zero-order valence-electron chi connectivity index (χ0n) is 7.29. The van der Waals surface area contributed by atoms with Crippen molar-refractivity contribution < 1.29 is 4.79 Å². The molecule has 0 unspecified atom stereocenters. The van der Waals surface area contributed by atoms with Crippen LogP contribution < -0.4 is 10.6 Å². The molecular formula is C8H10N4O. The zero-order chi connectivity index (χ0) is 9.26. The van der Waals surface area contributed by atoms with Gasteiger partial charge in [-0.25, -0.2) is 9.97 Å². The van der Waals surface area contributed by atoms with E-state index in [2.05, 4.69) is 20.6 Å². The first kappa shape index (κ1) is 7.97. The summed E-state index contributed by atoms with van der Waals surface area (Å²) < 4.78 is 0. The predicted octanol–water partition coefficient (Wildman–Crippen LogP) is 0.403. The van der Waals surface area contributed by atoms with Gasteiger partial charge >= 0.3 is 0 Å². The highest BCUT2D eigenvalue weighted by atomic mass is 16.2. The number of hydrogen-bond donors (Lipinski definition) is 2. The van der Waals surface area contributed by atoms with E-state index in [-0.39, 0.29) is 5.91 Å². The maximum absolute atomic E-state index is 11.0. The Labute approximate surface area is 75.6 Å². The van der Waals surface area contributed by atoms with Gasteiger partial charge in [-0.3, -0.25) is 4.79 Å². The summed E-state index contributed by atoms with van der Waals surface area (Å²) in [6.07, 6.45) is 2.29. The van der Waals surface area contributed by atoms with E-state index in [1.165, 1.54) is 6.33 Å². The van der Waals surface area contributed by atoms with Crippen LogP contribution in [0.2, 0.25) is 0 Å². The Hall–Kier alpha value is -1.65. The molecule has 1 aliphatic heterocycles. The van der Waals surface area contributed by atoms with Gasteiger partial charge in [0.2, 0.25) is 5.91 Å². The molecule has 0 spiro atoms. The van der Waals surface area contributed by atoms with Crippen LogP contribution in [0, 0.1) is 0 Å². The summed E-state index contributed by atoms with van der Waals surface area (Å²) >= 11 is 0. The van der Waals surface area contributed by atoms with Gasteiger partial charge in [0.25, 0.3) is 0 Å². The van der Waals surface area contributed by atoms with Crippen molar-refractivity contribution in [3.63, 3.8) is 0 Å². The van der Waals surface area contributed by atoms with E-state index in [1.807, 2.05) is 6.92 Å². The Balaban J connectivity index is 2.45. The van der Waals surface area contributed by atoms with Crippen LogP contribution >= 0.6 is 0 Å². The first-order chi connectivity index (χ1) is 6.31. The van der Waals surface area contributed by atoms with Gasteiger partial charge in [-0.1, -0.05) is 6.92 Å². The topological polar surface area (TPSA) is 66.9 Å². The van der Waals surface area contributed by atoms with E-state index in [1.54, 1.807) is 0 Å². The van der Waals surface area contributed by atoms with Crippen molar-refractivity contribution in [1.29, 1.82) is 0 Å². The minimum absolute atomic E-state index is 0.0618. The number of nitrogens with zero attached hydrogens (tertiary/aromatic N) is 2. The molecular weight excluding hydrogens is 168 g/mol. The number of amides is 1. The van der Waals surface area contributed by atoms with Gasteiger partial charge in [-0.05, 0) is 6.42 Å². The lowest BCUT2D eigenvalue weighted by molar-refractivity contribution is -0.114. The van der Waals surface area contributed by atoms with Crippen molar-refractivity contribution in [3.05, 3.63) is 12.0 Å². The number of carbonyl (C=O) groups is 1. The van der Waals surface area contributed by atoms with Crippen LogP contribution in [-0.4, -0.2) is 22.4 Å². The lowest BCUT2D eigenvalue weighted by atomic mass is 10.2. The highest BCUT2D eigenvalue weighted by Crippen LogP contribution is 2.24. The number of anilines is 2. The standard InChI is InChI=1S/C8H10N4O/c1-2-5-7-8(11-4-10-5)12-6(13)3-9-7/h4,9H,2-3H2,1H3,(H,10,11,12,13). The van der Waals surface area contributed by atoms with E-state index in [0.717, 1.165) is 17.8 Å². The van der Waals surface area contributed by atoms with Crippen LogP contribution in [0.3, 0.4) is 0 Å². The number of aromatic nitrogens is 2. The second-order valence-electron chi connectivity index (χ2n) is 2.80. The molecule has 1 aromatic heterocycles. The second kappa shape index (κ2) is 3.01. The molecule has 5 nitrogen and oxygen atoms in total. The molecule has 0 aliphatic carbocycles. The van der Waals surface area contributed by atoms with Gasteiger partial charge < -0.3 is 10.6 Å². The largest absolute Gasteiger partial charge is 0.372 e.